The molecule has 0 atom stereocenters. The first-order valence-corrected chi connectivity index (χ1v) is 8.79. The molecule has 1 aliphatic rings. The molecule has 6 nitrogen and oxygen atoms in total. The molecule has 0 aliphatic heterocycles. The predicted molar refractivity (Wildman–Crippen MR) is 95.8 cm³/mol. The topological polar surface area (TPSA) is 95.5 Å². The van der Waals surface area contributed by atoms with Crippen molar-refractivity contribution >= 4 is 35.1 Å². The third kappa shape index (κ3) is 4.51. The van der Waals surface area contributed by atoms with E-state index in [9.17, 15) is 19.5 Å². The van der Waals surface area contributed by atoms with Crippen LogP contribution in [0.2, 0.25) is 5.02 Å². The maximum absolute atomic E-state index is 12.6. The van der Waals surface area contributed by atoms with Gasteiger partial charge in [-0.05, 0) is 31.0 Å². The minimum absolute atomic E-state index is 0.148. The van der Waals surface area contributed by atoms with Gasteiger partial charge < -0.3 is 15.7 Å². The fourth-order valence-corrected chi connectivity index (χ4v) is 3.10. The molecule has 1 saturated carbocycles. The van der Waals surface area contributed by atoms with Gasteiger partial charge in [0.05, 0.1) is 10.6 Å². The molecule has 1 aromatic rings. The van der Waals surface area contributed by atoms with E-state index in [0.717, 1.165) is 19.3 Å². The molecule has 3 N–H and O–H groups in total. The van der Waals surface area contributed by atoms with Crippen LogP contribution in [0.15, 0.2) is 18.2 Å². The van der Waals surface area contributed by atoms with E-state index in [1.165, 1.54) is 12.1 Å². The average molecular weight is 367 g/mol. The lowest BCUT2D eigenvalue weighted by Gasteiger charge is -2.34. The van der Waals surface area contributed by atoms with Crippen LogP contribution < -0.4 is 10.6 Å². The van der Waals surface area contributed by atoms with Crippen molar-refractivity contribution in [2.24, 2.45) is 5.92 Å². The lowest BCUT2D eigenvalue weighted by Crippen LogP contribution is -2.55. The number of hydrogen-bond acceptors (Lipinski definition) is 3. The molecule has 0 spiro atoms. The molecular formula is C18H23ClN2O4. The summed E-state index contributed by atoms with van der Waals surface area (Å²) < 4.78 is 0. The lowest BCUT2D eigenvalue weighted by atomic mass is 9.81. The Labute approximate surface area is 151 Å². The van der Waals surface area contributed by atoms with Gasteiger partial charge in [0, 0.05) is 11.6 Å². The van der Waals surface area contributed by atoms with Crippen molar-refractivity contribution in [3.05, 3.63) is 28.8 Å². The zero-order chi connectivity index (χ0) is 18.6. The van der Waals surface area contributed by atoms with Gasteiger partial charge in [-0.25, -0.2) is 4.79 Å². The molecule has 7 heteroatoms. The molecule has 2 rings (SSSR count). The number of rotatable bonds is 5. The van der Waals surface area contributed by atoms with E-state index in [-0.39, 0.29) is 22.4 Å². The maximum Gasteiger partial charge on any atom is 0.329 e. The fourth-order valence-electron chi connectivity index (χ4n) is 2.90. The highest BCUT2D eigenvalue weighted by Crippen LogP contribution is 2.30. The summed E-state index contributed by atoms with van der Waals surface area (Å²) in [6.07, 6.45) is 3.27. The quantitative estimate of drug-likeness (QED) is 0.743. The van der Waals surface area contributed by atoms with Gasteiger partial charge in [-0.15, -0.1) is 0 Å². The predicted octanol–water partition coefficient (Wildman–Crippen LogP) is 3.45. The molecule has 136 valence electrons. The molecule has 0 bridgehead atoms. The molecule has 2 amide bonds. The maximum atomic E-state index is 12.6. The number of carbonyl (C=O) groups excluding carboxylic acids is 2. The van der Waals surface area contributed by atoms with Crippen LogP contribution in [-0.4, -0.2) is 28.4 Å². The number of amides is 2. The van der Waals surface area contributed by atoms with Gasteiger partial charge in [0.2, 0.25) is 5.91 Å². The zero-order valence-electron chi connectivity index (χ0n) is 14.4. The van der Waals surface area contributed by atoms with Crippen LogP contribution in [0, 0.1) is 5.92 Å². The molecular weight excluding hydrogens is 344 g/mol. The standard InChI is InChI=1S/C18H23ClN2O4/c1-11(2)15(22)20-12-6-7-14(19)13(10-12)16(23)21-18(17(24)25)8-4-3-5-9-18/h6-7,10-11H,3-5,8-9H2,1-2H3,(H,20,22)(H,21,23)(H,24,25). The van der Waals surface area contributed by atoms with E-state index < -0.39 is 17.4 Å². The van der Waals surface area contributed by atoms with Crippen molar-refractivity contribution in [3.8, 4) is 0 Å². The number of aliphatic carboxylic acids is 1. The van der Waals surface area contributed by atoms with E-state index in [4.69, 9.17) is 11.6 Å². The van der Waals surface area contributed by atoms with Crippen molar-refractivity contribution in [2.45, 2.75) is 51.5 Å². The van der Waals surface area contributed by atoms with Gasteiger partial charge in [-0.3, -0.25) is 9.59 Å². The third-order valence-corrected chi connectivity index (χ3v) is 4.80. The third-order valence-electron chi connectivity index (χ3n) is 4.47. The van der Waals surface area contributed by atoms with Gasteiger partial charge >= 0.3 is 5.97 Å². The summed E-state index contributed by atoms with van der Waals surface area (Å²) >= 11 is 6.11. The van der Waals surface area contributed by atoms with Crippen LogP contribution in [0.4, 0.5) is 5.69 Å². The molecule has 0 heterocycles. The second-order valence-electron chi connectivity index (χ2n) is 6.74. The van der Waals surface area contributed by atoms with Crippen LogP contribution in [-0.2, 0) is 9.59 Å². The number of benzene rings is 1. The minimum atomic E-state index is -1.25. The molecule has 0 unspecified atom stereocenters. The van der Waals surface area contributed by atoms with E-state index in [1.807, 2.05) is 0 Å². The van der Waals surface area contributed by atoms with E-state index in [0.29, 0.717) is 18.5 Å². The molecule has 1 aliphatic carbocycles. The molecule has 1 fully saturated rings. The van der Waals surface area contributed by atoms with Gasteiger partial charge in [0.1, 0.15) is 5.54 Å². The molecule has 0 saturated heterocycles. The smallest absolute Gasteiger partial charge is 0.329 e. The monoisotopic (exact) mass is 366 g/mol. The number of nitrogens with one attached hydrogen (secondary N) is 2. The highest BCUT2D eigenvalue weighted by molar-refractivity contribution is 6.34. The van der Waals surface area contributed by atoms with Crippen molar-refractivity contribution in [3.63, 3.8) is 0 Å². The Balaban J connectivity index is 2.23. The van der Waals surface area contributed by atoms with Crippen LogP contribution in [0.5, 0.6) is 0 Å². The molecule has 1 aromatic carbocycles. The highest BCUT2D eigenvalue weighted by Gasteiger charge is 2.41. The molecule has 0 aromatic heterocycles. The Morgan fingerprint density at radius 3 is 2.36 bits per heavy atom. The Hall–Kier alpha value is -2.08. The largest absolute Gasteiger partial charge is 0.480 e. The van der Waals surface area contributed by atoms with Crippen LogP contribution in [0.1, 0.15) is 56.3 Å². The first-order valence-electron chi connectivity index (χ1n) is 8.41. The van der Waals surface area contributed by atoms with Gasteiger partial charge in [0.25, 0.3) is 5.91 Å². The lowest BCUT2D eigenvalue weighted by molar-refractivity contribution is -0.145. The second kappa shape index (κ2) is 7.87. The van der Waals surface area contributed by atoms with Crippen LogP contribution in [0.3, 0.4) is 0 Å². The molecule has 0 radical (unpaired) electrons. The summed E-state index contributed by atoms with van der Waals surface area (Å²) in [5.74, 6) is -1.95. The fraction of sp³-hybridized carbons (Fsp3) is 0.500. The van der Waals surface area contributed by atoms with Crippen molar-refractivity contribution < 1.29 is 19.5 Å². The Bertz CT molecular complexity index is 682. The van der Waals surface area contributed by atoms with E-state index in [1.54, 1.807) is 19.9 Å². The van der Waals surface area contributed by atoms with E-state index >= 15 is 0 Å². The summed E-state index contributed by atoms with van der Waals surface area (Å²) in [4.78, 5) is 36.2. The summed E-state index contributed by atoms with van der Waals surface area (Å²) in [6.45, 7) is 3.52. The summed E-state index contributed by atoms with van der Waals surface area (Å²) in [6, 6.07) is 4.59. The summed E-state index contributed by atoms with van der Waals surface area (Å²) in [7, 11) is 0. The van der Waals surface area contributed by atoms with Crippen molar-refractivity contribution in [2.75, 3.05) is 5.32 Å². The Morgan fingerprint density at radius 1 is 1.16 bits per heavy atom. The van der Waals surface area contributed by atoms with Gasteiger partial charge in [-0.2, -0.15) is 0 Å². The first-order chi connectivity index (χ1) is 11.7. The van der Waals surface area contributed by atoms with Crippen molar-refractivity contribution in [1.29, 1.82) is 0 Å². The minimum Gasteiger partial charge on any atom is -0.480 e. The SMILES string of the molecule is CC(C)C(=O)Nc1ccc(Cl)c(C(=O)NC2(C(=O)O)CCCCC2)c1. The van der Waals surface area contributed by atoms with Crippen molar-refractivity contribution in [1.82, 2.24) is 5.32 Å². The number of anilines is 1. The zero-order valence-corrected chi connectivity index (χ0v) is 15.2. The van der Waals surface area contributed by atoms with Gasteiger partial charge in [0.15, 0.2) is 0 Å². The Kier molecular flexibility index (Phi) is 6.06. The first kappa shape index (κ1) is 19.2. The van der Waals surface area contributed by atoms with Crippen LogP contribution >= 0.6 is 11.6 Å². The number of halogens is 1. The van der Waals surface area contributed by atoms with Gasteiger partial charge in [-0.1, -0.05) is 44.7 Å². The molecule has 25 heavy (non-hydrogen) atoms. The van der Waals surface area contributed by atoms with E-state index in [2.05, 4.69) is 10.6 Å². The number of carboxylic acids is 1. The number of hydrogen-bond donors (Lipinski definition) is 3. The van der Waals surface area contributed by atoms with Crippen LogP contribution in [0.25, 0.3) is 0 Å². The summed E-state index contributed by atoms with van der Waals surface area (Å²) in [5, 5.41) is 15.2. The normalized spacial score (nSPS) is 16.3. The number of carbonyl (C=O) groups is 3. The Morgan fingerprint density at radius 2 is 1.80 bits per heavy atom. The highest BCUT2D eigenvalue weighted by atomic mass is 35.5. The average Bonchev–Trinajstić information content (AvgIpc) is 2.57. The second-order valence-corrected chi connectivity index (χ2v) is 7.15. The number of carboxylic acid groups (broad SMARTS) is 1. The summed E-state index contributed by atoms with van der Waals surface area (Å²) in [5.41, 5.74) is -0.661.